The highest BCUT2D eigenvalue weighted by molar-refractivity contribution is 6.29. The van der Waals surface area contributed by atoms with E-state index in [1.165, 1.54) is 4.80 Å². The van der Waals surface area contributed by atoms with E-state index >= 15 is 0 Å². The first kappa shape index (κ1) is 21.5. The van der Waals surface area contributed by atoms with Crippen LogP contribution in [0.3, 0.4) is 0 Å². The lowest BCUT2D eigenvalue weighted by atomic mass is 9.83. The van der Waals surface area contributed by atoms with Crippen LogP contribution in [0.15, 0.2) is 47.1 Å². The lowest BCUT2D eigenvalue weighted by Crippen LogP contribution is -2.41. The van der Waals surface area contributed by atoms with Gasteiger partial charge in [0.25, 0.3) is 17.6 Å². The molecule has 0 fully saturated rings. The van der Waals surface area contributed by atoms with Gasteiger partial charge in [-0.25, -0.2) is 13.8 Å². The summed E-state index contributed by atoms with van der Waals surface area (Å²) in [5.74, 6) is -2.87. The number of carbonyl (C=O) groups is 1. The second-order valence-electron chi connectivity index (χ2n) is 7.13. The van der Waals surface area contributed by atoms with E-state index < -0.39 is 23.0 Å². The van der Waals surface area contributed by atoms with Crippen molar-refractivity contribution in [2.75, 3.05) is 6.54 Å². The third-order valence-corrected chi connectivity index (χ3v) is 5.05. The largest absolute Gasteiger partial charge is 0.348 e. The van der Waals surface area contributed by atoms with Gasteiger partial charge in [-0.2, -0.15) is 20.0 Å². The van der Waals surface area contributed by atoms with Gasteiger partial charge in [0.15, 0.2) is 0 Å². The van der Waals surface area contributed by atoms with E-state index in [1.807, 2.05) is 6.92 Å². The van der Waals surface area contributed by atoms with Crippen LogP contribution in [0.2, 0.25) is 5.15 Å². The maximum atomic E-state index is 14.0. The van der Waals surface area contributed by atoms with Gasteiger partial charge >= 0.3 is 0 Å². The molecule has 0 saturated carbocycles. The third kappa shape index (κ3) is 4.19. The molecule has 0 radical (unpaired) electrons. The summed E-state index contributed by atoms with van der Waals surface area (Å²) < 4.78 is 32.1. The van der Waals surface area contributed by atoms with E-state index in [1.54, 1.807) is 31.4 Å². The Morgan fingerprint density at radius 2 is 2.03 bits per heavy atom. The van der Waals surface area contributed by atoms with E-state index in [0.29, 0.717) is 17.5 Å². The van der Waals surface area contributed by atoms with Gasteiger partial charge < -0.3 is 9.84 Å². The van der Waals surface area contributed by atoms with Crippen LogP contribution in [0.5, 0.6) is 0 Å². The summed E-state index contributed by atoms with van der Waals surface area (Å²) in [7, 11) is 1.67. The monoisotopic (exact) mass is 459 g/mol. The Morgan fingerprint density at radius 1 is 1.22 bits per heavy atom. The zero-order valence-electron chi connectivity index (χ0n) is 16.9. The zero-order chi connectivity index (χ0) is 22.9. The smallest absolute Gasteiger partial charge is 0.292 e. The minimum Gasteiger partial charge on any atom is -0.348 e. The Bertz CT molecular complexity index is 1290. The number of nitrogens with one attached hydrogen (secondary N) is 1. The molecular formula is C20H16ClF2N7O2. The van der Waals surface area contributed by atoms with Gasteiger partial charge in [0.05, 0.1) is 28.6 Å². The van der Waals surface area contributed by atoms with Crippen molar-refractivity contribution in [2.24, 2.45) is 7.05 Å². The molecule has 1 amide bonds. The van der Waals surface area contributed by atoms with Crippen LogP contribution < -0.4 is 5.32 Å². The quantitative estimate of drug-likeness (QED) is 0.441. The molecule has 3 aromatic heterocycles. The second kappa shape index (κ2) is 8.42. The van der Waals surface area contributed by atoms with Crippen LogP contribution in [-0.2, 0) is 12.5 Å². The molecule has 32 heavy (non-hydrogen) atoms. The molecule has 4 rings (SSSR count). The van der Waals surface area contributed by atoms with Crippen molar-refractivity contribution in [1.29, 1.82) is 0 Å². The van der Waals surface area contributed by atoms with Gasteiger partial charge in [-0.3, -0.25) is 4.79 Å². The zero-order valence-corrected chi connectivity index (χ0v) is 17.6. The molecule has 1 unspecified atom stereocenters. The van der Waals surface area contributed by atoms with Crippen molar-refractivity contribution in [3.8, 4) is 11.5 Å². The van der Waals surface area contributed by atoms with Crippen LogP contribution in [-0.4, -0.2) is 42.6 Å². The van der Waals surface area contributed by atoms with Crippen molar-refractivity contribution in [3.05, 3.63) is 76.6 Å². The Labute approximate surface area is 185 Å². The number of pyridine rings is 1. The molecule has 1 atom stereocenters. The van der Waals surface area contributed by atoms with Crippen molar-refractivity contribution in [2.45, 2.75) is 12.3 Å². The number of carbonyl (C=O) groups excluding carboxylic acids is 1. The Balaban J connectivity index is 1.58. The minimum absolute atomic E-state index is 0.0483. The fourth-order valence-electron chi connectivity index (χ4n) is 3.05. The Hall–Kier alpha value is -3.73. The highest BCUT2D eigenvalue weighted by Crippen LogP contribution is 2.29. The highest BCUT2D eigenvalue weighted by atomic mass is 35.5. The molecule has 0 aliphatic heterocycles. The standard InChI is InChI=1S/C20H16ClF2N7O2/c1-20(15-9-25-30(2)28-15,14-4-3-5-16(21)26-14)10-24-18(31)17-27-19(32-29-17)12-7-6-11(22)8-13(12)23/h3-9H,10H2,1-2H3,(H,24,31). The molecular weight excluding hydrogens is 444 g/mol. The second-order valence-corrected chi connectivity index (χ2v) is 7.51. The lowest BCUT2D eigenvalue weighted by Gasteiger charge is -2.27. The minimum atomic E-state index is -0.886. The van der Waals surface area contributed by atoms with Gasteiger partial charge in [0, 0.05) is 19.7 Å². The van der Waals surface area contributed by atoms with Crippen molar-refractivity contribution >= 4 is 17.5 Å². The molecule has 0 spiro atoms. The van der Waals surface area contributed by atoms with Gasteiger partial charge in [-0.05, 0) is 31.2 Å². The number of hydrogen-bond donors (Lipinski definition) is 1. The fourth-order valence-corrected chi connectivity index (χ4v) is 3.21. The molecule has 0 saturated heterocycles. The van der Waals surface area contributed by atoms with Gasteiger partial charge in [-0.1, -0.05) is 22.8 Å². The first-order valence-electron chi connectivity index (χ1n) is 9.33. The van der Waals surface area contributed by atoms with Crippen LogP contribution in [0, 0.1) is 11.6 Å². The summed E-state index contributed by atoms with van der Waals surface area (Å²) in [6.45, 7) is 1.87. The van der Waals surface area contributed by atoms with E-state index in [-0.39, 0.29) is 29.0 Å². The third-order valence-electron chi connectivity index (χ3n) is 4.84. The average Bonchev–Trinajstić information content (AvgIpc) is 3.41. The SMILES string of the molecule is Cn1ncc(C(C)(CNC(=O)c2noc(-c3ccc(F)cc3F)n2)c2cccc(Cl)n2)n1. The number of aromatic nitrogens is 6. The van der Waals surface area contributed by atoms with Crippen molar-refractivity contribution in [3.63, 3.8) is 0 Å². The molecule has 164 valence electrons. The predicted molar refractivity (Wildman–Crippen MR) is 109 cm³/mol. The summed E-state index contributed by atoms with van der Waals surface area (Å²) in [5, 5.41) is 15.0. The number of rotatable bonds is 6. The molecule has 3 heterocycles. The van der Waals surface area contributed by atoms with Crippen LogP contribution in [0.4, 0.5) is 8.78 Å². The van der Waals surface area contributed by atoms with Gasteiger partial charge in [-0.15, -0.1) is 0 Å². The topological polar surface area (TPSA) is 112 Å². The van der Waals surface area contributed by atoms with E-state index in [9.17, 15) is 13.6 Å². The maximum Gasteiger partial charge on any atom is 0.292 e. The molecule has 9 nitrogen and oxygen atoms in total. The molecule has 0 aliphatic rings. The van der Waals surface area contributed by atoms with E-state index in [0.717, 1.165) is 12.1 Å². The molecule has 1 N–H and O–H groups in total. The average molecular weight is 460 g/mol. The Kier molecular flexibility index (Phi) is 5.66. The van der Waals surface area contributed by atoms with Gasteiger partial charge in [0.2, 0.25) is 0 Å². The summed E-state index contributed by atoms with van der Waals surface area (Å²) in [5.41, 5.74) is 0.112. The lowest BCUT2D eigenvalue weighted by molar-refractivity contribution is 0.0933. The summed E-state index contributed by atoms with van der Waals surface area (Å²) in [6.07, 6.45) is 1.57. The number of amides is 1. The van der Waals surface area contributed by atoms with Crippen molar-refractivity contribution < 1.29 is 18.1 Å². The molecule has 0 aliphatic carbocycles. The van der Waals surface area contributed by atoms with E-state index in [4.69, 9.17) is 16.1 Å². The first-order chi connectivity index (χ1) is 15.3. The molecule has 12 heteroatoms. The summed E-state index contributed by atoms with van der Waals surface area (Å²) >= 11 is 6.06. The molecule has 0 bridgehead atoms. The number of halogens is 3. The van der Waals surface area contributed by atoms with Crippen LogP contribution in [0.1, 0.15) is 28.9 Å². The summed E-state index contributed by atoms with van der Waals surface area (Å²) in [4.78, 5) is 22.3. The van der Waals surface area contributed by atoms with Crippen LogP contribution in [0.25, 0.3) is 11.5 Å². The van der Waals surface area contributed by atoms with E-state index in [2.05, 4.69) is 30.6 Å². The first-order valence-corrected chi connectivity index (χ1v) is 9.71. The normalized spacial score (nSPS) is 13.0. The molecule has 1 aromatic carbocycles. The van der Waals surface area contributed by atoms with Crippen molar-refractivity contribution in [1.82, 2.24) is 35.4 Å². The molecule has 4 aromatic rings. The number of benzene rings is 1. The van der Waals surface area contributed by atoms with Gasteiger partial charge in [0.1, 0.15) is 16.8 Å². The maximum absolute atomic E-state index is 14.0. The number of aryl methyl sites for hydroxylation is 1. The fraction of sp³-hybridized carbons (Fsp3) is 0.200. The Morgan fingerprint density at radius 3 is 2.72 bits per heavy atom. The van der Waals surface area contributed by atoms with Crippen LogP contribution >= 0.6 is 11.6 Å². The number of hydrogen-bond acceptors (Lipinski definition) is 7. The predicted octanol–water partition coefficient (Wildman–Crippen LogP) is 2.93. The highest BCUT2D eigenvalue weighted by Gasteiger charge is 2.35. The summed E-state index contributed by atoms with van der Waals surface area (Å²) in [6, 6.07) is 8.02. The number of nitrogens with zero attached hydrogens (tertiary/aromatic N) is 6.